The van der Waals surface area contributed by atoms with E-state index < -0.39 is 10.3 Å². The van der Waals surface area contributed by atoms with Crippen LogP contribution < -0.4 is 0 Å². The third-order valence-corrected chi connectivity index (χ3v) is 2.41. The Balaban J connectivity index is 3.33. The van der Waals surface area contributed by atoms with Gasteiger partial charge in [0, 0.05) is 11.6 Å². The molecule has 0 aliphatic rings. The lowest BCUT2D eigenvalue weighted by molar-refractivity contribution is -0.385. The zero-order valence-corrected chi connectivity index (χ0v) is 8.94. The van der Waals surface area contributed by atoms with Crippen molar-refractivity contribution in [2.24, 2.45) is 0 Å². The number of nitro groups is 1. The lowest BCUT2D eigenvalue weighted by Crippen LogP contribution is -2.14. The second-order valence-corrected chi connectivity index (χ2v) is 4.00. The predicted molar refractivity (Wildman–Crippen MR) is 56.5 cm³/mol. The molecule has 0 heterocycles. The molecule has 15 heavy (non-hydrogen) atoms. The Labute approximate surface area is 88.3 Å². The van der Waals surface area contributed by atoms with E-state index in [0.717, 1.165) is 0 Å². The van der Waals surface area contributed by atoms with Crippen LogP contribution in [0.4, 0.5) is 5.69 Å². The molecule has 78 valence electrons. The van der Waals surface area contributed by atoms with E-state index in [2.05, 4.69) is 6.07 Å². The van der Waals surface area contributed by atoms with Crippen LogP contribution in [0.15, 0.2) is 18.2 Å². The number of benzene rings is 1. The van der Waals surface area contributed by atoms with E-state index in [-0.39, 0.29) is 5.69 Å². The summed E-state index contributed by atoms with van der Waals surface area (Å²) in [6.45, 7) is 5.16. The summed E-state index contributed by atoms with van der Waals surface area (Å²) in [5.41, 5.74) is 0.647. The molecule has 0 aliphatic heterocycles. The molecule has 1 aromatic carbocycles. The summed E-state index contributed by atoms with van der Waals surface area (Å²) in [5.74, 6) is 0. The second kappa shape index (κ2) is 3.70. The van der Waals surface area contributed by atoms with Gasteiger partial charge in [-0.2, -0.15) is 5.26 Å². The van der Waals surface area contributed by atoms with Crippen molar-refractivity contribution in [3.63, 3.8) is 0 Å². The van der Waals surface area contributed by atoms with Gasteiger partial charge in [0.25, 0.3) is 5.69 Å². The van der Waals surface area contributed by atoms with Gasteiger partial charge in [0.1, 0.15) is 0 Å². The van der Waals surface area contributed by atoms with Crippen molar-refractivity contribution >= 4 is 5.69 Å². The summed E-state index contributed by atoms with van der Waals surface area (Å²) in [5, 5.41) is 19.6. The van der Waals surface area contributed by atoms with E-state index >= 15 is 0 Å². The maximum absolute atomic E-state index is 10.7. The van der Waals surface area contributed by atoms with E-state index in [1.807, 2.05) is 0 Å². The molecule has 0 atom stereocenters. The minimum atomic E-state index is -0.696. The van der Waals surface area contributed by atoms with Crippen LogP contribution in [0, 0.1) is 28.4 Å². The third kappa shape index (κ3) is 2.13. The summed E-state index contributed by atoms with van der Waals surface area (Å²) in [6.07, 6.45) is 0. The molecule has 0 unspecified atom stereocenters. The van der Waals surface area contributed by atoms with Crippen LogP contribution in [0.2, 0.25) is 0 Å². The highest BCUT2D eigenvalue weighted by atomic mass is 16.6. The number of hydrogen-bond acceptors (Lipinski definition) is 3. The van der Waals surface area contributed by atoms with Gasteiger partial charge < -0.3 is 0 Å². The van der Waals surface area contributed by atoms with Gasteiger partial charge in [-0.3, -0.25) is 10.1 Å². The molecule has 1 rings (SSSR count). The molecule has 0 bridgehead atoms. The minimum Gasteiger partial charge on any atom is -0.258 e. The van der Waals surface area contributed by atoms with Gasteiger partial charge in [-0.15, -0.1) is 0 Å². The van der Waals surface area contributed by atoms with Crippen LogP contribution in [0.5, 0.6) is 0 Å². The molecule has 0 radical (unpaired) electrons. The van der Waals surface area contributed by atoms with Gasteiger partial charge in [-0.1, -0.05) is 12.1 Å². The standard InChI is InChI=1S/C11H12N2O2/c1-8-4-5-9(11(2,3)7-12)6-10(8)13(14)15/h4-6H,1-3H3. The van der Waals surface area contributed by atoms with Crippen molar-refractivity contribution in [1.29, 1.82) is 5.26 Å². The quantitative estimate of drug-likeness (QED) is 0.549. The average Bonchev–Trinajstić information content (AvgIpc) is 2.17. The van der Waals surface area contributed by atoms with Crippen molar-refractivity contribution in [1.82, 2.24) is 0 Å². The smallest absolute Gasteiger partial charge is 0.258 e. The molecule has 4 heteroatoms. The van der Waals surface area contributed by atoms with E-state index in [1.165, 1.54) is 6.07 Å². The molecule has 0 fully saturated rings. The molecule has 1 aromatic rings. The lowest BCUT2D eigenvalue weighted by Gasteiger charge is -2.15. The van der Waals surface area contributed by atoms with Gasteiger partial charge in [0.05, 0.1) is 16.4 Å². The molecule has 0 spiro atoms. The Morgan fingerprint density at radius 1 is 1.47 bits per heavy atom. The van der Waals surface area contributed by atoms with Crippen LogP contribution in [-0.4, -0.2) is 4.92 Å². The number of rotatable bonds is 2. The van der Waals surface area contributed by atoms with Gasteiger partial charge in [0.15, 0.2) is 0 Å². The highest BCUT2D eigenvalue weighted by molar-refractivity contribution is 5.46. The van der Waals surface area contributed by atoms with Crippen LogP contribution in [0.25, 0.3) is 0 Å². The maximum atomic E-state index is 10.7. The monoisotopic (exact) mass is 204 g/mol. The van der Waals surface area contributed by atoms with E-state index in [9.17, 15) is 10.1 Å². The van der Waals surface area contributed by atoms with Crippen LogP contribution in [-0.2, 0) is 5.41 Å². The summed E-state index contributed by atoms with van der Waals surface area (Å²) in [6, 6.07) is 7.02. The molecule has 0 saturated heterocycles. The SMILES string of the molecule is Cc1ccc(C(C)(C)C#N)cc1[N+](=O)[O-]. The van der Waals surface area contributed by atoms with E-state index in [1.54, 1.807) is 32.9 Å². The van der Waals surface area contributed by atoms with Crippen LogP contribution in [0.1, 0.15) is 25.0 Å². The Morgan fingerprint density at radius 3 is 2.53 bits per heavy atom. The van der Waals surface area contributed by atoms with Gasteiger partial charge in [-0.25, -0.2) is 0 Å². The Morgan fingerprint density at radius 2 is 2.07 bits per heavy atom. The zero-order valence-electron chi connectivity index (χ0n) is 8.94. The molecule has 0 saturated carbocycles. The Hall–Kier alpha value is -1.89. The molecule has 0 aromatic heterocycles. The molecular weight excluding hydrogens is 192 g/mol. The molecule has 0 amide bonds. The number of nitro benzene ring substituents is 1. The first-order valence-electron chi connectivity index (χ1n) is 4.55. The lowest BCUT2D eigenvalue weighted by atomic mass is 9.85. The predicted octanol–water partition coefficient (Wildman–Crippen LogP) is 2.70. The average molecular weight is 204 g/mol. The van der Waals surface area contributed by atoms with Gasteiger partial charge in [-0.05, 0) is 26.3 Å². The number of nitriles is 1. The van der Waals surface area contributed by atoms with Crippen molar-refractivity contribution in [2.75, 3.05) is 0 Å². The summed E-state index contributed by atoms with van der Waals surface area (Å²) < 4.78 is 0. The van der Waals surface area contributed by atoms with Crippen LogP contribution >= 0.6 is 0 Å². The number of nitrogens with zero attached hydrogens (tertiary/aromatic N) is 2. The molecule has 0 N–H and O–H groups in total. The first kappa shape index (κ1) is 11.2. The second-order valence-electron chi connectivity index (χ2n) is 4.00. The van der Waals surface area contributed by atoms with E-state index in [0.29, 0.717) is 11.1 Å². The number of aryl methyl sites for hydroxylation is 1. The van der Waals surface area contributed by atoms with E-state index in [4.69, 9.17) is 5.26 Å². The highest BCUT2D eigenvalue weighted by Gasteiger charge is 2.23. The Kier molecular flexibility index (Phi) is 2.76. The van der Waals surface area contributed by atoms with Crippen molar-refractivity contribution in [3.05, 3.63) is 39.4 Å². The summed E-state index contributed by atoms with van der Waals surface area (Å²) in [7, 11) is 0. The maximum Gasteiger partial charge on any atom is 0.272 e. The fraction of sp³-hybridized carbons (Fsp3) is 0.364. The first-order chi connectivity index (χ1) is 6.88. The number of hydrogen-bond donors (Lipinski definition) is 0. The van der Waals surface area contributed by atoms with Crippen molar-refractivity contribution in [2.45, 2.75) is 26.2 Å². The topological polar surface area (TPSA) is 66.9 Å². The van der Waals surface area contributed by atoms with Gasteiger partial charge in [0.2, 0.25) is 0 Å². The normalized spacial score (nSPS) is 10.8. The Bertz CT molecular complexity index is 444. The molecule has 0 aliphatic carbocycles. The molecular formula is C11H12N2O2. The van der Waals surface area contributed by atoms with Crippen molar-refractivity contribution in [3.8, 4) is 6.07 Å². The third-order valence-electron chi connectivity index (χ3n) is 2.41. The highest BCUT2D eigenvalue weighted by Crippen LogP contribution is 2.27. The van der Waals surface area contributed by atoms with Crippen LogP contribution in [0.3, 0.4) is 0 Å². The fourth-order valence-corrected chi connectivity index (χ4v) is 1.26. The zero-order chi connectivity index (χ0) is 11.6. The van der Waals surface area contributed by atoms with Crippen molar-refractivity contribution < 1.29 is 4.92 Å². The first-order valence-corrected chi connectivity index (χ1v) is 4.55. The summed E-state index contributed by atoms with van der Waals surface area (Å²) in [4.78, 5) is 10.3. The summed E-state index contributed by atoms with van der Waals surface area (Å²) >= 11 is 0. The minimum absolute atomic E-state index is 0.0656. The van der Waals surface area contributed by atoms with Gasteiger partial charge >= 0.3 is 0 Å². The molecule has 4 nitrogen and oxygen atoms in total. The largest absolute Gasteiger partial charge is 0.272 e. The fourth-order valence-electron chi connectivity index (χ4n) is 1.26.